The van der Waals surface area contributed by atoms with Crippen LogP contribution in [0.3, 0.4) is 0 Å². The fourth-order valence-electron chi connectivity index (χ4n) is 1.52. The Hall–Kier alpha value is -0.890. The van der Waals surface area contributed by atoms with Crippen LogP contribution in [-0.2, 0) is 0 Å². The van der Waals surface area contributed by atoms with Gasteiger partial charge in [-0.05, 0) is 30.9 Å². The molecule has 0 spiro atoms. The van der Waals surface area contributed by atoms with Crippen LogP contribution in [0.1, 0.15) is 37.6 Å². The fraction of sp³-hybridized carbons (Fsp3) is 0.545. The first-order valence-electron chi connectivity index (χ1n) is 4.78. The summed E-state index contributed by atoms with van der Waals surface area (Å²) in [5.41, 5.74) is 8.29. The molecule has 1 rings (SSSR count). The van der Waals surface area contributed by atoms with Crippen molar-refractivity contribution in [3.05, 3.63) is 29.6 Å². The minimum absolute atomic E-state index is 0.133. The van der Waals surface area contributed by atoms with E-state index in [0.717, 1.165) is 12.1 Å². The first kappa shape index (κ1) is 10.2. The first-order valence-corrected chi connectivity index (χ1v) is 4.78. The van der Waals surface area contributed by atoms with Gasteiger partial charge in [-0.1, -0.05) is 19.9 Å². The Morgan fingerprint density at radius 2 is 2.15 bits per heavy atom. The van der Waals surface area contributed by atoms with E-state index in [2.05, 4.69) is 24.9 Å². The molecule has 1 unspecified atom stereocenters. The average Bonchev–Trinajstić information content (AvgIpc) is 2.03. The molecule has 0 fully saturated rings. The Balaban J connectivity index is 2.76. The first-order chi connectivity index (χ1) is 6.11. The second-order valence-corrected chi connectivity index (χ2v) is 3.91. The van der Waals surface area contributed by atoms with Crippen molar-refractivity contribution in [1.29, 1.82) is 0 Å². The van der Waals surface area contributed by atoms with Gasteiger partial charge in [-0.15, -0.1) is 0 Å². The summed E-state index contributed by atoms with van der Waals surface area (Å²) >= 11 is 0. The Kier molecular flexibility index (Phi) is 3.43. The van der Waals surface area contributed by atoms with Gasteiger partial charge in [0.2, 0.25) is 0 Å². The van der Waals surface area contributed by atoms with Crippen LogP contribution in [-0.4, -0.2) is 4.98 Å². The molecule has 0 aromatic carbocycles. The summed E-state index contributed by atoms with van der Waals surface area (Å²) in [6.07, 6.45) is 2.83. The minimum Gasteiger partial charge on any atom is -0.324 e. The molecular formula is C11H18N2. The molecule has 1 atom stereocenters. The van der Waals surface area contributed by atoms with E-state index in [9.17, 15) is 0 Å². The standard InChI is InChI=1S/C11H18N2/c1-8(2)7-11(12)10-5-4-6-13-9(10)3/h4-6,8,11H,7,12H2,1-3H3. The van der Waals surface area contributed by atoms with E-state index in [1.807, 2.05) is 13.0 Å². The molecule has 0 bridgehead atoms. The smallest absolute Gasteiger partial charge is 0.0420 e. The third-order valence-electron chi connectivity index (χ3n) is 2.17. The second kappa shape index (κ2) is 4.38. The predicted molar refractivity (Wildman–Crippen MR) is 55.4 cm³/mol. The van der Waals surface area contributed by atoms with Gasteiger partial charge in [0.25, 0.3) is 0 Å². The van der Waals surface area contributed by atoms with Crippen molar-refractivity contribution in [2.45, 2.75) is 33.2 Å². The molecule has 72 valence electrons. The predicted octanol–water partition coefficient (Wildman–Crippen LogP) is 2.44. The SMILES string of the molecule is Cc1ncccc1C(N)CC(C)C. The molecule has 1 aromatic rings. The number of rotatable bonds is 3. The summed E-state index contributed by atoms with van der Waals surface area (Å²) in [7, 11) is 0. The number of hydrogen-bond donors (Lipinski definition) is 1. The highest BCUT2D eigenvalue weighted by molar-refractivity contribution is 5.21. The van der Waals surface area contributed by atoms with Gasteiger partial charge < -0.3 is 5.73 Å². The summed E-state index contributed by atoms with van der Waals surface area (Å²) in [6, 6.07) is 4.14. The lowest BCUT2D eigenvalue weighted by Crippen LogP contribution is -2.14. The van der Waals surface area contributed by atoms with Crippen LogP contribution in [0.4, 0.5) is 0 Å². The maximum Gasteiger partial charge on any atom is 0.0420 e. The number of hydrogen-bond acceptors (Lipinski definition) is 2. The van der Waals surface area contributed by atoms with Crippen LogP contribution in [0.2, 0.25) is 0 Å². The van der Waals surface area contributed by atoms with E-state index >= 15 is 0 Å². The Morgan fingerprint density at radius 3 is 2.69 bits per heavy atom. The third-order valence-corrected chi connectivity index (χ3v) is 2.17. The van der Waals surface area contributed by atoms with Crippen LogP contribution in [0.15, 0.2) is 18.3 Å². The van der Waals surface area contributed by atoms with Gasteiger partial charge in [-0.3, -0.25) is 4.98 Å². The number of aromatic nitrogens is 1. The fourth-order valence-corrected chi connectivity index (χ4v) is 1.52. The summed E-state index contributed by atoms with van der Waals surface area (Å²) in [5.74, 6) is 0.634. The molecule has 2 nitrogen and oxygen atoms in total. The third kappa shape index (κ3) is 2.81. The van der Waals surface area contributed by atoms with Crippen LogP contribution in [0.25, 0.3) is 0 Å². The zero-order chi connectivity index (χ0) is 9.84. The van der Waals surface area contributed by atoms with Gasteiger partial charge in [-0.2, -0.15) is 0 Å². The van der Waals surface area contributed by atoms with Crippen molar-refractivity contribution in [2.24, 2.45) is 11.7 Å². The molecule has 1 aromatic heterocycles. The lowest BCUT2D eigenvalue weighted by molar-refractivity contribution is 0.507. The number of aryl methyl sites for hydroxylation is 1. The summed E-state index contributed by atoms with van der Waals surface area (Å²) in [6.45, 7) is 6.38. The molecule has 0 radical (unpaired) electrons. The van der Waals surface area contributed by atoms with E-state index in [1.165, 1.54) is 5.56 Å². The summed E-state index contributed by atoms with van der Waals surface area (Å²) in [4.78, 5) is 4.23. The lowest BCUT2D eigenvalue weighted by atomic mass is 9.97. The minimum atomic E-state index is 0.133. The molecule has 0 aliphatic carbocycles. The van der Waals surface area contributed by atoms with E-state index in [1.54, 1.807) is 6.20 Å². The topological polar surface area (TPSA) is 38.9 Å². The van der Waals surface area contributed by atoms with E-state index in [-0.39, 0.29) is 6.04 Å². The number of pyridine rings is 1. The number of nitrogens with zero attached hydrogens (tertiary/aromatic N) is 1. The average molecular weight is 178 g/mol. The molecule has 0 saturated carbocycles. The van der Waals surface area contributed by atoms with Crippen molar-refractivity contribution < 1.29 is 0 Å². The van der Waals surface area contributed by atoms with E-state index < -0.39 is 0 Å². The van der Waals surface area contributed by atoms with Crippen molar-refractivity contribution in [3.8, 4) is 0 Å². The highest BCUT2D eigenvalue weighted by Gasteiger charge is 2.10. The molecule has 0 aliphatic rings. The Labute approximate surface area is 80.2 Å². The van der Waals surface area contributed by atoms with Crippen molar-refractivity contribution in [2.75, 3.05) is 0 Å². The highest BCUT2D eigenvalue weighted by atomic mass is 14.7. The normalized spacial score (nSPS) is 13.3. The van der Waals surface area contributed by atoms with Gasteiger partial charge in [-0.25, -0.2) is 0 Å². The summed E-state index contributed by atoms with van der Waals surface area (Å²) in [5, 5.41) is 0. The maximum absolute atomic E-state index is 6.06. The quantitative estimate of drug-likeness (QED) is 0.772. The van der Waals surface area contributed by atoms with E-state index in [0.29, 0.717) is 5.92 Å². The largest absolute Gasteiger partial charge is 0.324 e. The molecule has 1 heterocycles. The molecule has 2 N–H and O–H groups in total. The van der Waals surface area contributed by atoms with Crippen molar-refractivity contribution >= 4 is 0 Å². The van der Waals surface area contributed by atoms with Crippen molar-refractivity contribution in [3.63, 3.8) is 0 Å². The second-order valence-electron chi connectivity index (χ2n) is 3.91. The van der Waals surface area contributed by atoms with Gasteiger partial charge >= 0.3 is 0 Å². The maximum atomic E-state index is 6.06. The zero-order valence-electron chi connectivity index (χ0n) is 8.62. The van der Waals surface area contributed by atoms with E-state index in [4.69, 9.17) is 5.73 Å². The lowest BCUT2D eigenvalue weighted by Gasteiger charge is -2.15. The molecule has 13 heavy (non-hydrogen) atoms. The molecule has 0 saturated heterocycles. The number of nitrogens with two attached hydrogens (primary N) is 1. The van der Waals surface area contributed by atoms with Crippen LogP contribution in [0.5, 0.6) is 0 Å². The summed E-state index contributed by atoms with van der Waals surface area (Å²) < 4.78 is 0. The highest BCUT2D eigenvalue weighted by Crippen LogP contribution is 2.19. The van der Waals surface area contributed by atoms with Gasteiger partial charge in [0.15, 0.2) is 0 Å². The van der Waals surface area contributed by atoms with Crippen LogP contribution in [0, 0.1) is 12.8 Å². The van der Waals surface area contributed by atoms with Gasteiger partial charge in [0, 0.05) is 17.9 Å². The van der Waals surface area contributed by atoms with Crippen LogP contribution < -0.4 is 5.73 Å². The monoisotopic (exact) mass is 178 g/mol. The Bertz CT molecular complexity index is 269. The molecule has 2 heteroatoms. The van der Waals surface area contributed by atoms with Crippen molar-refractivity contribution in [1.82, 2.24) is 4.98 Å². The Morgan fingerprint density at radius 1 is 1.46 bits per heavy atom. The van der Waals surface area contributed by atoms with Gasteiger partial charge in [0.1, 0.15) is 0 Å². The van der Waals surface area contributed by atoms with Gasteiger partial charge in [0.05, 0.1) is 0 Å². The molecular weight excluding hydrogens is 160 g/mol. The molecule has 0 aliphatic heterocycles. The zero-order valence-corrected chi connectivity index (χ0v) is 8.62. The van der Waals surface area contributed by atoms with Crippen LogP contribution >= 0.6 is 0 Å². The molecule has 0 amide bonds.